The molecule has 0 spiro atoms. The summed E-state index contributed by atoms with van der Waals surface area (Å²) in [5.74, 6) is 0.0191. The summed E-state index contributed by atoms with van der Waals surface area (Å²) < 4.78 is 0. The van der Waals surface area contributed by atoms with Gasteiger partial charge in [0.2, 0.25) is 0 Å². The van der Waals surface area contributed by atoms with E-state index in [1.54, 1.807) is 12.3 Å². The number of nitrogens with zero attached hydrogens (tertiary/aromatic N) is 2. The van der Waals surface area contributed by atoms with Crippen LogP contribution >= 0.6 is 0 Å². The van der Waals surface area contributed by atoms with Crippen LogP contribution in [0, 0.1) is 0 Å². The Hall–Kier alpha value is -1.42. The molecular formula is C12H19N3O. The van der Waals surface area contributed by atoms with Crippen molar-refractivity contribution in [3.8, 4) is 0 Å². The van der Waals surface area contributed by atoms with E-state index in [1.165, 1.54) is 6.20 Å². The average molecular weight is 221 g/mol. The fraction of sp³-hybridized carbons (Fsp3) is 0.500. The molecule has 2 N–H and O–H groups in total. The number of hydrogen-bond donors (Lipinski definition) is 1. The summed E-state index contributed by atoms with van der Waals surface area (Å²) in [5, 5.41) is 0. The Morgan fingerprint density at radius 1 is 1.56 bits per heavy atom. The number of ketones is 1. The van der Waals surface area contributed by atoms with Gasteiger partial charge in [-0.15, -0.1) is 0 Å². The van der Waals surface area contributed by atoms with Crippen LogP contribution in [0.4, 0.5) is 5.69 Å². The Kier molecular flexibility index (Phi) is 3.65. The van der Waals surface area contributed by atoms with Crippen LogP contribution in [0.25, 0.3) is 0 Å². The van der Waals surface area contributed by atoms with Crippen LogP contribution in [0.15, 0.2) is 18.5 Å². The summed E-state index contributed by atoms with van der Waals surface area (Å²) in [7, 11) is 3.79. The summed E-state index contributed by atoms with van der Waals surface area (Å²) in [6.07, 6.45) is 3.85. The van der Waals surface area contributed by atoms with Crippen molar-refractivity contribution in [2.24, 2.45) is 0 Å². The van der Waals surface area contributed by atoms with Crippen LogP contribution in [0.3, 0.4) is 0 Å². The molecule has 0 aliphatic rings. The third kappa shape index (κ3) is 2.07. The highest BCUT2D eigenvalue weighted by atomic mass is 16.1. The van der Waals surface area contributed by atoms with Crippen molar-refractivity contribution >= 4 is 11.5 Å². The zero-order valence-corrected chi connectivity index (χ0v) is 10.3. The van der Waals surface area contributed by atoms with Gasteiger partial charge in [0.05, 0.1) is 11.1 Å². The lowest BCUT2D eigenvalue weighted by atomic mass is 9.87. The Morgan fingerprint density at radius 2 is 2.19 bits per heavy atom. The molecule has 0 amide bonds. The lowest BCUT2D eigenvalue weighted by molar-refractivity contribution is 0.0711. The second kappa shape index (κ2) is 4.61. The van der Waals surface area contributed by atoms with Gasteiger partial charge < -0.3 is 5.73 Å². The van der Waals surface area contributed by atoms with Crippen molar-refractivity contribution in [3.63, 3.8) is 0 Å². The van der Waals surface area contributed by atoms with Crippen LogP contribution in [0.1, 0.15) is 30.6 Å². The van der Waals surface area contributed by atoms with Crippen molar-refractivity contribution in [3.05, 3.63) is 24.0 Å². The molecule has 0 aromatic carbocycles. The zero-order chi connectivity index (χ0) is 12.3. The highest BCUT2D eigenvalue weighted by Crippen LogP contribution is 2.24. The number of anilines is 1. The van der Waals surface area contributed by atoms with E-state index in [2.05, 4.69) is 4.98 Å². The summed E-state index contributed by atoms with van der Waals surface area (Å²) in [5.41, 5.74) is 6.25. The standard InChI is InChI=1S/C12H19N3O/c1-5-12(2,15(3)4)11(16)9-8-14-7-6-10(9)13/h6-8H,5H2,1-4H3,(H2,13,14). The largest absolute Gasteiger partial charge is 0.398 e. The van der Waals surface area contributed by atoms with Crippen molar-refractivity contribution < 1.29 is 4.79 Å². The molecule has 0 aliphatic heterocycles. The van der Waals surface area contributed by atoms with E-state index in [-0.39, 0.29) is 5.78 Å². The molecule has 0 fully saturated rings. The van der Waals surface area contributed by atoms with Crippen molar-refractivity contribution in [1.82, 2.24) is 9.88 Å². The molecule has 4 nitrogen and oxygen atoms in total. The summed E-state index contributed by atoms with van der Waals surface area (Å²) in [4.78, 5) is 18.3. The molecule has 0 saturated carbocycles. The van der Waals surface area contributed by atoms with Gasteiger partial charge in [-0.25, -0.2) is 0 Å². The minimum Gasteiger partial charge on any atom is -0.398 e. The number of rotatable bonds is 4. The lowest BCUT2D eigenvalue weighted by Crippen LogP contribution is -2.48. The predicted molar refractivity (Wildman–Crippen MR) is 65.4 cm³/mol. The molecule has 1 atom stereocenters. The van der Waals surface area contributed by atoms with E-state index >= 15 is 0 Å². The van der Waals surface area contributed by atoms with E-state index in [1.807, 2.05) is 32.8 Å². The number of likely N-dealkylation sites (N-methyl/N-ethyl adjacent to an activating group) is 1. The molecule has 0 radical (unpaired) electrons. The smallest absolute Gasteiger partial charge is 0.186 e. The first kappa shape index (κ1) is 12.6. The summed E-state index contributed by atoms with van der Waals surface area (Å²) >= 11 is 0. The van der Waals surface area contributed by atoms with Gasteiger partial charge in [0.15, 0.2) is 5.78 Å². The first-order chi connectivity index (χ1) is 7.43. The SMILES string of the molecule is CCC(C)(C(=O)c1cnccc1N)N(C)C. The van der Waals surface area contributed by atoms with Gasteiger partial charge in [-0.1, -0.05) is 6.92 Å². The minimum absolute atomic E-state index is 0.0191. The van der Waals surface area contributed by atoms with Crippen LogP contribution in [0.2, 0.25) is 0 Å². The highest BCUT2D eigenvalue weighted by molar-refractivity contribution is 6.06. The lowest BCUT2D eigenvalue weighted by Gasteiger charge is -2.34. The average Bonchev–Trinajstić information content (AvgIpc) is 2.27. The molecule has 0 bridgehead atoms. The molecule has 1 aromatic heterocycles. The molecule has 1 unspecified atom stereocenters. The van der Waals surface area contributed by atoms with Gasteiger partial charge in [0, 0.05) is 18.1 Å². The molecular weight excluding hydrogens is 202 g/mol. The molecule has 1 aromatic rings. The topological polar surface area (TPSA) is 59.2 Å². The van der Waals surface area contributed by atoms with Gasteiger partial charge in [0.25, 0.3) is 0 Å². The van der Waals surface area contributed by atoms with Crippen LogP contribution in [0.5, 0.6) is 0 Å². The fourth-order valence-corrected chi connectivity index (χ4v) is 1.56. The highest BCUT2D eigenvalue weighted by Gasteiger charge is 2.35. The minimum atomic E-state index is -0.531. The number of Topliss-reactive ketones (excluding diaryl/α,β-unsaturated/α-hetero) is 1. The number of nitrogens with two attached hydrogens (primary N) is 1. The third-order valence-electron chi connectivity index (χ3n) is 3.26. The summed E-state index contributed by atoms with van der Waals surface area (Å²) in [6.45, 7) is 3.91. The Balaban J connectivity index is 3.15. The van der Waals surface area contributed by atoms with Gasteiger partial charge >= 0.3 is 0 Å². The molecule has 1 heterocycles. The zero-order valence-electron chi connectivity index (χ0n) is 10.3. The van der Waals surface area contributed by atoms with E-state index in [0.29, 0.717) is 11.3 Å². The number of aromatic nitrogens is 1. The molecule has 1 rings (SSSR count). The molecule has 0 aliphatic carbocycles. The number of nitrogen functional groups attached to an aromatic ring is 1. The Morgan fingerprint density at radius 3 is 2.62 bits per heavy atom. The van der Waals surface area contributed by atoms with Gasteiger partial charge in [-0.2, -0.15) is 0 Å². The van der Waals surface area contributed by atoms with Crippen molar-refractivity contribution in [2.75, 3.05) is 19.8 Å². The number of hydrogen-bond acceptors (Lipinski definition) is 4. The van der Waals surface area contributed by atoms with Crippen LogP contribution in [-0.2, 0) is 0 Å². The van der Waals surface area contributed by atoms with E-state index in [0.717, 1.165) is 6.42 Å². The maximum Gasteiger partial charge on any atom is 0.186 e. The molecule has 16 heavy (non-hydrogen) atoms. The monoisotopic (exact) mass is 221 g/mol. The fourth-order valence-electron chi connectivity index (χ4n) is 1.56. The number of carbonyl (C=O) groups is 1. The van der Waals surface area contributed by atoms with Gasteiger partial charge in [-0.05, 0) is 33.5 Å². The molecule has 0 saturated heterocycles. The van der Waals surface area contributed by atoms with Gasteiger partial charge in [0.1, 0.15) is 0 Å². The molecule has 4 heteroatoms. The molecule has 88 valence electrons. The number of pyridine rings is 1. The quantitative estimate of drug-likeness (QED) is 0.784. The van der Waals surface area contributed by atoms with Crippen LogP contribution < -0.4 is 5.73 Å². The summed E-state index contributed by atoms with van der Waals surface area (Å²) in [6, 6.07) is 1.65. The van der Waals surface area contributed by atoms with E-state index in [9.17, 15) is 4.79 Å². The second-order valence-corrected chi connectivity index (χ2v) is 4.31. The van der Waals surface area contributed by atoms with Crippen molar-refractivity contribution in [1.29, 1.82) is 0 Å². The normalized spacial score (nSPS) is 14.8. The van der Waals surface area contributed by atoms with E-state index in [4.69, 9.17) is 5.73 Å². The first-order valence-corrected chi connectivity index (χ1v) is 5.35. The van der Waals surface area contributed by atoms with Crippen LogP contribution in [-0.4, -0.2) is 35.3 Å². The van der Waals surface area contributed by atoms with Crippen molar-refractivity contribution in [2.45, 2.75) is 25.8 Å². The maximum atomic E-state index is 12.4. The first-order valence-electron chi connectivity index (χ1n) is 5.35. The second-order valence-electron chi connectivity index (χ2n) is 4.31. The third-order valence-corrected chi connectivity index (χ3v) is 3.26. The van der Waals surface area contributed by atoms with Gasteiger partial charge in [-0.3, -0.25) is 14.7 Å². The predicted octanol–water partition coefficient (Wildman–Crippen LogP) is 1.58. The number of carbonyl (C=O) groups excluding carboxylic acids is 1. The Labute approximate surface area is 96.5 Å². The Bertz CT molecular complexity index is 390. The maximum absolute atomic E-state index is 12.4. The van der Waals surface area contributed by atoms with E-state index < -0.39 is 5.54 Å².